The van der Waals surface area contributed by atoms with E-state index in [9.17, 15) is 4.79 Å². The number of carbonyl (C=O) groups excluding carboxylic acids is 1. The second kappa shape index (κ2) is 4.35. The predicted molar refractivity (Wildman–Crippen MR) is 61.3 cm³/mol. The summed E-state index contributed by atoms with van der Waals surface area (Å²) in [5, 5.41) is 0.701. The van der Waals surface area contributed by atoms with Crippen molar-refractivity contribution in [3.63, 3.8) is 0 Å². The summed E-state index contributed by atoms with van der Waals surface area (Å²) in [5.41, 5.74) is 6.52. The second-order valence-electron chi connectivity index (χ2n) is 3.19. The van der Waals surface area contributed by atoms with Crippen molar-refractivity contribution in [2.24, 2.45) is 10.7 Å². The molecule has 0 radical (unpaired) electrons. The molecule has 1 unspecified atom stereocenters. The molecule has 1 aliphatic rings. The van der Waals surface area contributed by atoms with Crippen molar-refractivity contribution in [3.8, 4) is 0 Å². The Labute approximate surface area is 98.9 Å². The summed E-state index contributed by atoms with van der Waals surface area (Å²) >= 11 is 6.00. The Balaban J connectivity index is 2.11. The summed E-state index contributed by atoms with van der Waals surface area (Å²) in [6, 6.07) is 7.55. The van der Waals surface area contributed by atoms with E-state index < -0.39 is 0 Å². The van der Waals surface area contributed by atoms with E-state index in [1.54, 1.807) is 0 Å². The number of hydrogen-bond donors (Lipinski definition) is 1. The molecule has 0 aliphatic carbocycles. The van der Waals surface area contributed by atoms with Gasteiger partial charge >= 0.3 is 98.8 Å². The number of rotatable bonds is 2. The van der Waals surface area contributed by atoms with Crippen molar-refractivity contribution in [1.82, 2.24) is 0 Å². The van der Waals surface area contributed by atoms with E-state index in [0.717, 1.165) is 5.56 Å². The van der Waals surface area contributed by atoms with Crippen LogP contribution in [0.3, 0.4) is 0 Å². The first-order valence-electron chi connectivity index (χ1n) is 4.45. The quantitative estimate of drug-likeness (QED) is 0.832. The van der Waals surface area contributed by atoms with Gasteiger partial charge in [-0.05, 0) is 0 Å². The number of hydrogen-bond acceptors (Lipinski definition) is 2. The maximum atomic E-state index is 11.4. The number of halogens is 1. The Morgan fingerprint density at radius 2 is 2.20 bits per heavy atom. The molecule has 0 saturated heterocycles. The van der Waals surface area contributed by atoms with Crippen LogP contribution in [0.25, 0.3) is 0 Å². The van der Waals surface area contributed by atoms with Gasteiger partial charge in [-0.3, -0.25) is 0 Å². The van der Waals surface area contributed by atoms with Crippen LogP contribution in [0.4, 0.5) is 0 Å². The number of amides is 1. The van der Waals surface area contributed by atoms with Crippen molar-refractivity contribution in [1.29, 1.82) is 0 Å². The molecular weight excluding hydrogens is 279 g/mol. The monoisotopic (exact) mass is 288 g/mol. The summed E-state index contributed by atoms with van der Waals surface area (Å²) in [7, 11) is 0. The van der Waals surface area contributed by atoms with Gasteiger partial charge in [0.1, 0.15) is 0 Å². The van der Waals surface area contributed by atoms with Gasteiger partial charge in [0.15, 0.2) is 0 Å². The van der Waals surface area contributed by atoms with Gasteiger partial charge in [-0.25, -0.2) is 0 Å². The standard InChI is InChI=1S/C10H9ClN2OSe/c11-7-4-2-1-3-6(7)5-8-9(14)13-10(12)15-8/h1-4,8H,5H2,(H2,12,13,14). The van der Waals surface area contributed by atoms with Crippen molar-refractivity contribution in [2.45, 2.75) is 11.2 Å². The molecule has 1 aromatic rings. The minimum atomic E-state index is -0.104. The third kappa shape index (κ3) is 2.40. The predicted octanol–water partition coefficient (Wildman–Crippen LogP) is 1.23. The molecule has 1 aromatic carbocycles. The number of nitrogens with two attached hydrogens (primary N) is 1. The zero-order valence-corrected chi connectivity index (χ0v) is 10.3. The van der Waals surface area contributed by atoms with Gasteiger partial charge in [-0.15, -0.1) is 0 Å². The van der Waals surface area contributed by atoms with Crippen molar-refractivity contribution in [2.75, 3.05) is 0 Å². The van der Waals surface area contributed by atoms with Crippen molar-refractivity contribution in [3.05, 3.63) is 34.9 Å². The summed E-state index contributed by atoms with van der Waals surface area (Å²) in [6.45, 7) is 0. The van der Waals surface area contributed by atoms with Crippen LogP contribution in [0.2, 0.25) is 9.84 Å². The number of nitrogens with zero attached hydrogens (tertiary/aromatic N) is 1. The average molecular weight is 288 g/mol. The summed E-state index contributed by atoms with van der Waals surface area (Å²) in [6.07, 6.45) is 0.642. The van der Waals surface area contributed by atoms with Gasteiger partial charge in [0.2, 0.25) is 0 Å². The zero-order valence-electron chi connectivity index (χ0n) is 7.81. The fourth-order valence-corrected chi connectivity index (χ4v) is 3.39. The minimum absolute atomic E-state index is 0.0176. The van der Waals surface area contributed by atoms with E-state index in [4.69, 9.17) is 17.3 Å². The molecule has 0 fully saturated rings. The molecule has 1 heterocycles. The van der Waals surface area contributed by atoms with Crippen LogP contribution in [-0.2, 0) is 11.2 Å². The molecule has 1 aliphatic heterocycles. The molecule has 5 heteroatoms. The van der Waals surface area contributed by atoms with E-state index in [2.05, 4.69) is 4.99 Å². The molecule has 15 heavy (non-hydrogen) atoms. The zero-order chi connectivity index (χ0) is 10.8. The Kier molecular flexibility index (Phi) is 3.10. The fourth-order valence-electron chi connectivity index (χ4n) is 1.40. The molecule has 2 N–H and O–H groups in total. The average Bonchev–Trinajstić information content (AvgIpc) is 2.49. The second-order valence-corrected chi connectivity index (χ2v) is 6.16. The van der Waals surface area contributed by atoms with Crippen LogP contribution in [0.1, 0.15) is 5.56 Å². The summed E-state index contributed by atoms with van der Waals surface area (Å²) in [5.74, 6) is -0.104. The van der Waals surface area contributed by atoms with Crippen LogP contribution < -0.4 is 5.73 Å². The molecule has 0 spiro atoms. The maximum absolute atomic E-state index is 11.4. The van der Waals surface area contributed by atoms with Gasteiger partial charge in [-0.2, -0.15) is 0 Å². The molecular formula is C10H9ClN2OSe. The van der Waals surface area contributed by atoms with Gasteiger partial charge in [0, 0.05) is 0 Å². The van der Waals surface area contributed by atoms with Crippen molar-refractivity contribution >= 4 is 37.2 Å². The first-order chi connectivity index (χ1) is 7.16. The molecule has 0 saturated carbocycles. The third-order valence-corrected chi connectivity index (χ3v) is 4.56. The first-order valence-corrected chi connectivity index (χ1v) is 6.67. The normalized spacial score (nSPS) is 20.5. The van der Waals surface area contributed by atoms with Gasteiger partial charge in [0.25, 0.3) is 0 Å². The number of amidine groups is 1. The molecule has 78 valence electrons. The first kappa shape index (κ1) is 10.7. The molecule has 3 nitrogen and oxygen atoms in total. The van der Waals surface area contributed by atoms with E-state index in [-0.39, 0.29) is 25.7 Å². The van der Waals surface area contributed by atoms with E-state index in [1.165, 1.54) is 0 Å². The number of benzene rings is 1. The fraction of sp³-hybridized carbons (Fsp3) is 0.200. The molecule has 0 bridgehead atoms. The Hall–Kier alpha value is -0.831. The molecule has 2 rings (SSSR count). The van der Waals surface area contributed by atoms with E-state index in [1.807, 2.05) is 24.3 Å². The van der Waals surface area contributed by atoms with E-state index in [0.29, 0.717) is 16.2 Å². The van der Waals surface area contributed by atoms with Crippen LogP contribution in [-0.4, -0.2) is 25.6 Å². The summed E-state index contributed by atoms with van der Waals surface area (Å²) in [4.78, 5) is 15.1. The SMILES string of the molecule is NC1=NC(=O)C(Cc2ccccc2Cl)[Se]1. The number of carbonyl (C=O) groups is 1. The van der Waals surface area contributed by atoms with Gasteiger partial charge in [-0.1, -0.05) is 0 Å². The van der Waals surface area contributed by atoms with Crippen LogP contribution in [0.5, 0.6) is 0 Å². The van der Waals surface area contributed by atoms with Crippen LogP contribution in [0.15, 0.2) is 29.3 Å². The Bertz CT molecular complexity index is 433. The number of aliphatic imine (C=N–C) groups is 1. The molecule has 0 aromatic heterocycles. The molecule has 1 atom stereocenters. The topological polar surface area (TPSA) is 55.4 Å². The van der Waals surface area contributed by atoms with Crippen LogP contribution >= 0.6 is 11.6 Å². The van der Waals surface area contributed by atoms with E-state index >= 15 is 0 Å². The Morgan fingerprint density at radius 1 is 1.47 bits per heavy atom. The van der Waals surface area contributed by atoms with Gasteiger partial charge < -0.3 is 0 Å². The van der Waals surface area contributed by atoms with Crippen molar-refractivity contribution < 1.29 is 4.79 Å². The summed E-state index contributed by atoms with van der Waals surface area (Å²) < 4.78 is 0.490. The Morgan fingerprint density at radius 3 is 2.80 bits per heavy atom. The molecule has 1 amide bonds. The van der Waals surface area contributed by atoms with Gasteiger partial charge in [0.05, 0.1) is 0 Å². The third-order valence-electron chi connectivity index (χ3n) is 2.12. The van der Waals surface area contributed by atoms with Crippen LogP contribution in [0, 0.1) is 0 Å².